The third-order valence-corrected chi connectivity index (χ3v) is 5.75. The lowest BCUT2D eigenvalue weighted by molar-refractivity contribution is -0.111. The number of aromatic amines is 1. The maximum atomic E-state index is 12.6. The van der Waals surface area contributed by atoms with E-state index in [1.54, 1.807) is 48.7 Å². The zero-order valence-electron chi connectivity index (χ0n) is 20.2. The molecule has 0 saturated heterocycles. The lowest BCUT2D eigenvalue weighted by atomic mass is 10.0. The van der Waals surface area contributed by atoms with Gasteiger partial charge in [-0.3, -0.25) is 19.5 Å². The molecule has 2 heterocycles. The number of unbranched alkanes of at least 4 members (excludes halogenated alkanes) is 1. The summed E-state index contributed by atoms with van der Waals surface area (Å²) in [5, 5.41) is 12.3. The van der Waals surface area contributed by atoms with Crippen LogP contribution in [-0.4, -0.2) is 32.8 Å². The van der Waals surface area contributed by atoms with Gasteiger partial charge >= 0.3 is 0 Å². The molecular formula is C29H27N5O3. The van der Waals surface area contributed by atoms with Crippen molar-refractivity contribution in [3.8, 4) is 11.4 Å². The Labute approximate surface area is 214 Å². The lowest BCUT2D eigenvalue weighted by Crippen LogP contribution is -2.13. The van der Waals surface area contributed by atoms with Crippen LogP contribution < -0.4 is 10.6 Å². The molecule has 2 aromatic heterocycles. The quantitative estimate of drug-likeness (QED) is 0.146. The Bertz CT molecular complexity index is 1380. The number of hydrogen-bond donors (Lipinski definition) is 3. The van der Waals surface area contributed by atoms with Crippen LogP contribution in [0.3, 0.4) is 0 Å². The third kappa shape index (κ3) is 7.08. The SMILES string of the molecule is C=CC(=O)Nc1ccc(C(=O)CCCCc2ccc(NC(=O)c3cccc(-c4ccn[nH]4)n3)cc2)cc1. The second kappa shape index (κ2) is 12.2. The van der Waals surface area contributed by atoms with Gasteiger partial charge < -0.3 is 10.6 Å². The number of benzene rings is 2. The van der Waals surface area contributed by atoms with E-state index < -0.39 is 0 Å². The Balaban J connectivity index is 1.22. The number of Topliss-reactive ketones (excluding diaryl/α,β-unsaturated/α-hetero) is 1. The van der Waals surface area contributed by atoms with E-state index in [2.05, 4.69) is 32.4 Å². The van der Waals surface area contributed by atoms with Crippen LogP contribution in [0.2, 0.25) is 0 Å². The van der Waals surface area contributed by atoms with E-state index in [1.807, 2.05) is 30.3 Å². The Morgan fingerprint density at radius 2 is 1.59 bits per heavy atom. The maximum Gasteiger partial charge on any atom is 0.274 e. The molecule has 186 valence electrons. The zero-order chi connectivity index (χ0) is 26.0. The topological polar surface area (TPSA) is 117 Å². The average Bonchev–Trinajstić information content (AvgIpc) is 3.47. The van der Waals surface area contributed by atoms with Crippen LogP contribution in [0.5, 0.6) is 0 Å². The van der Waals surface area contributed by atoms with Gasteiger partial charge in [0.05, 0.1) is 11.4 Å². The van der Waals surface area contributed by atoms with Gasteiger partial charge in [0.15, 0.2) is 5.78 Å². The van der Waals surface area contributed by atoms with E-state index in [-0.39, 0.29) is 17.6 Å². The summed E-state index contributed by atoms with van der Waals surface area (Å²) in [5.74, 6) is -0.504. The maximum absolute atomic E-state index is 12.6. The number of rotatable bonds is 11. The molecular weight excluding hydrogens is 466 g/mol. The van der Waals surface area contributed by atoms with E-state index in [0.29, 0.717) is 34.7 Å². The van der Waals surface area contributed by atoms with Crippen LogP contribution in [0.4, 0.5) is 11.4 Å². The summed E-state index contributed by atoms with van der Waals surface area (Å²) in [7, 11) is 0. The van der Waals surface area contributed by atoms with Crippen LogP contribution in [0.15, 0.2) is 91.6 Å². The fourth-order valence-corrected chi connectivity index (χ4v) is 3.75. The van der Waals surface area contributed by atoms with Gasteiger partial charge in [0.25, 0.3) is 5.91 Å². The first-order chi connectivity index (χ1) is 18.0. The summed E-state index contributed by atoms with van der Waals surface area (Å²) in [6.45, 7) is 3.42. The van der Waals surface area contributed by atoms with Crippen LogP contribution >= 0.6 is 0 Å². The fraction of sp³-hybridized carbons (Fsp3) is 0.138. The molecule has 0 bridgehead atoms. The summed E-state index contributed by atoms with van der Waals surface area (Å²) in [4.78, 5) is 40.8. The summed E-state index contributed by atoms with van der Waals surface area (Å²) in [6.07, 6.45) is 5.76. The van der Waals surface area contributed by atoms with Crippen LogP contribution in [0, 0.1) is 0 Å². The molecule has 4 rings (SSSR count). The largest absolute Gasteiger partial charge is 0.323 e. The number of anilines is 2. The van der Waals surface area contributed by atoms with Gasteiger partial charge in [-0.1, -0.05) is 24.8 Å². The standard InChI is InChI=1S/C29H27N5O3/c1-2-28(36)31-22-16-12-21(13-17-22)27(35)9-4-3-6-20-10-14-23(15-11-20)32-29(37)26-8-5-7-24(33-26)25-18-19-30-34-25/h2,5,7-8,10-19H,1,3-4,6,9H2,(H,30,34)(H,31,36)(H,32,37). The summed E-state index contributed by atoms with van der Waals surface area (Å²) in [5.41, 5.74) is 4.77. The van der Waals surface area contributed by atoms with Gasteiger partial charge in [0.1, 0.15) is 5.69 Å². The van der Waals surface area contributed by atoms with Crippen molar-refractivity contribution >= 4 is 29.0 Å². The lowest BCUT2D eigenvalue weighted by Gasteiger charge is -2.08. The Morgan fingerprint density at radius 3 is 2.30 bits per heavy atom. The molecule has 0 saturated carbocycles. The highest BCUT2D eigenvalue weighted by Crippen LogP contribution is 2.17. The number of nitrogens with zero attached hydrogens (tertiary/aromatic N) is 2. The Kier molecular flexibility index (Phi) is 8.33. The number of ketones is 1. The summed E-state index contributed by atoms with van der Waals surface area (Å²) >= 11 is 0. The van der Waals surface area contributed by atoms with E-state index in [9.17, 15) is 14.4 Å². The van der Waals surface area contributed by atoms with Crippen molar-refractivity contribution in [2.45, 2.75) is 25.7 Å². The minimum Gasteiger partial charge on any atom is -0.323 e. The van der Waals surface area contributed by atoms with Gasteiger partial charge in [-0.15, -0.1) is 0 Å². The number of hydrogen-bond acceptors (Lipinski definition) is 5. The van der Waals surface area contributed by atoms with E-state index in [0.717, 1.165) is 30.5 Å². The second-order valence-corrected chi connectivity index (χ2v) is 8.43. The number of carbonyl (C=O) groups is 3. The van der Waals surface area contributed by atoms with Gasteiger partial charge in [0, 0.05) is 29.6 Å². The molecule has 0 aliphatic carbocycles. The zero-order valence-corrected chi connectivity index (χ0v) is 20.2. The third-order valence-electron chi connectivity index (χ3n) is 5.75. The molecule has 0 atom stereocenters. The normalized spacial score (nSPS) is 10.5. The van der Waals surface area contributed by atoms with Gasteiger partial charge in [-0.25, -0.2) is 4.98 Å². The first kappa shape index (κ1) is 25.2. The highest BCUT2D eigenvalue weighted by Gasteiger charge is 2.11. The van der Waals surface area contributed by atoms with Crippen LogP contribution in [0.25, 0.3) is 11.4 Å². The van der Waals surface area contributed by atoms with Crippen molar-refractivity contribution in [2.24, 2.45) is 0 Å². The number of aromatic nitrogens is 3. The summed E-state index contributed by atoms with van der Waals surface area (Å²) < 4.78 is 0. The minimum absolute atomic E-state index is 0.0739. The predicted molar refractivity (Wildman–Crippen MR) is 143 cm³/mol. The molecule has 2 amide bonds. The number of pyridine rings is 1. The van der Waals surface area contributed by atoms with Crippen molar-refractivity contribution in [3.63, 3.8) is 0 Å². The smallest absolute Gasteiger partial charge is 0.274 e. The van der Waals surface area contributed by atoms with Crippen LogP contribution in [0.1, 0.15) is 45.7 Å². The fourth-order valence-electron chi connectivity index (χ4n) is 3.75. The number of amides is 2. The van der Waals surface area contributed by atoms with Gasteiger partial charge in [0.2, 0.25) is 5.91 Å². The molecule has 0 spiro atoms. The molecule has 0 radical (unpaired) electrons. The van der Waals surface area contributed by atoms with Crippen molar-refractivity contribution < 1.29 is 14.4 Å². The molecule has 3 N–H and O–H groups in total. The van der Waals surface area contributed by atoms with E-state index in [4.69, 9.17) is 0 Å². The molecule has 4 aromatic rings. The monoisotopic (exact) mass is 493 g/mol. The van der Waals surface area contributed by atoms with Gasteiger partial charge in [-0.05, 0) is 85.5 Å². The highest BCUT2D eigenvalue weighted by atomic mass is 16.2. The first-order valence-corrected chi connectivity index (χ1v) is 12.0. The van der Waals surface area contributed by atoms with Crippen molar-refractivity contribution in [1.82, 2.24) is 15.2 Å². The van der Waals surface area contributed by atoms with Crippen LogP contribution in [-0.2, 0) is 11.2 Å². The number of aryl methyl sites for hydroxylation is 1. The highest BCUT2D eigenvalue weighted by molar-refractivity contribution is 6.03. The predicted octanol–water partition coefficient (Wildman–Crippen LogP) is 5.44. The molecule has 8 nitrogen and oxygen atoms in total. The molecule has 0 aliphatic heterocycles. The van der Waals surface area contributed by atoms with Crippen molar-refractivity contribution in [2.75, 3.05) is 10.6 Å². The first-order valence-electron chi connectivity index (χ1n) is 12.0. The molecule has 0 aliphatic rings. The van der Waals surface area contributed by atoms with Crippen molar-refractivity contribution in [3.05, 3.63) is 108 Å². The summed E-state index contributed by atoms with van der Waals surface area (Å²) in [6, 6.07) is 21.6. The average molecular weight is 494 g/mol. The molecule has 8 heteroatoms. The number of nitrogens with one attached hydrogen (secondary N) is 3. The molecule has 37 heavy (non-hydrogen) atoms. The van der Waals surface area contributed by atoms with Crippen molar-refractivity contribution in [1.29, 1.82) is 0 Å². The Hall–Kier alpha value is -4.85. The molecule has 0 unspecified atom stereocenters. The molecule has 2 aromatic carbocycles. The number of carbonyl (C=O) groups excluding carboxylic acids is 3. The Morgan fingerprint density at radius 1 is 0.865 bits per heavy atom. The minimum atomic E-state index is -0.289. The number of H-pyrrole nitrogens is 1. The second-order valence-electron chi connectivity index (χ2n) is 8.43. The molecule has 0 fully saturated rings. The van der Waals surface area contributed by atoms with Gasteiger partial charge in [-0.2, -0.15) is 5.10 Å². The van der Waals surface area contributed by atoms with E-state index in [1.165, 1.54) is 6.08 Å². The van der Waals surface area contributed by atoms with E-state index >= 15 is 0 Å².